The Labute approximate surface area is 107 Å². The molecular formula is C9H11BrN2O4S. The molecule has 1 fully saturated rings. The minimum Gasteiger partial charge on any atom is -0.471 e. The quantitative estimate of drug-likeness (QED) is 0.882. The molecule has 1 unspecified atom stereocenters. The molecule has 0 spiro atoms. The number of sulfonamides is 1. The summed E-state index contributed by atoms with van der Waals surface area (Å²) in [6.45, 7) is 1.18. The zero-order valence-corrected chi connectivity index (χ0v) is 11.2. The van der Waals surface area contributed by atoms with Gasteiger partial charge in [-0.25, -0.2) is 18.5 Å². The Bertz CT molecular complexity index is 514. The lowest BCUT2D eigenvalue weighted by Crippen LogP contribution is -2.17. The fourth-order valence-corrected chi connectivity index (χ4v) is 2.49. The molecule has 1 aromatic heterocycles. The van der Waals surface area contributed by atoms with Crippen LogP contribution in [0.4, 0.5) is 0 Å². The number of halogens is 1. The van der Waals surface area contributed by atoms with Gasteiger partial charge in [-0.3, -0.25) is 0 Å². The lowest BCUT2D eigenvalue weighted by atomic mass is 10.3. The van der Waals surface area contributed by atoms with E-state index in [4.69, 9.17) is 14.6 Å². The summed E-state index contributed by atoms with van der Waals surface area (Å²) in [7, 11) is -3.74. The molecular weight excluding hydrogens is 312 g/mol. The summed E-state index contributed by atoms with van der Waals surface area (Å²) >= 11 is 3.20. The van der Waals surface area contributed by atoms with Crippen LogP contribution in [0.2, 0.25) is 0 Å². The van der Waals surface area contributed by atoms with Gasteiger partial charge in [0.25, 0.3) is 0 Å². The van der Waals surface area contributed by atoms with E-state index in [0.717, 1.165) is 6.42 Å². The van der Waals surface area contributed by atoms with Crippen LogP contribution in [0.15, 0.2) is 21.6 Å². The van der Waals surface area contributed by atoms with Gasteiger partial charge in [-0.1, -0.05) is 0 Å². The third kappa shape index (κ3) is 3.15. The van der Waals surface area contributed by atoms with E-state index in [9.17, 15) is 8.42 Å². The number of hydrogen-bond donors (Lipinski definition) is 1. The van der Waals surface area contributed by atoms with E-state index >= 15 is 0 Å². The van der Waals surface area contributed by atoms with Crippen LogP contribution in [0.25, 0.3) is 0 Å². The molecule has 0 saturated carbocycles. The Morgan fingerprint density at radius 1 is 1.59 bits per heavy atom. The van der Waals surface area contributed by atoms with Crippen molar-refractivity contribution in [2.24, 2.45) is 5.14 Å². The zero-order valence-electron chi connectivity index (χ0n) is 8.80. The highest BCUT2D eigenvalue weighted by Gasteiger charge is 2.20. The first-order chi connectivity index (χ1) is 7.97. The van der Waals surface area contributed by atoms with Crippen LogP contribution in [0.1, 0.15) is 6.42 Å². The zero-order chi connectivity index (χ0) is 12.5. The average molecular weight is 323 g/mol. The fraction of sp³-hybridized carbons (Fsp3) is 0.444. The highest BCUT2D eigenvalue weighted by atomic mass is 79.9. The smallest absolute Gasteiger partial charge is 0.239 e. The van der Waals surface area contributed by atoms with Crippen LogP contribution in [0.5, 0.6) is 5.88 Å². The maximum Gasteiger partial charge on any atom is 0.239 e. The molecule has 1 aliphatic rings. The maximum atomic E-state index is 11.1. The Hall–Kier alpha value is -0.700. The molecule has 8 heteroatoms. The van der Waals surface area contributed by atoms with Crippen LogP contribution in [0, 0.1) is 0 Å². The molecule has 2 N–H and O–H groups in total. The van der Waals surface area contributed by atoms with Gasteiger partial charge < -0.3 is 9.47 Å². The van der Waals surface area contributed by atoms with Gasteiger partial charge in [-0.05, 0) is 22.0 Å². The third-order valence-corrected chi connectivity index (χ3v) is 3.73. The van der Waals surface area contributed by atoms with Crippen molar-refractivity contribution in [3.8, 4) is 5.88 Å². The van der Waals surface area contributed by atoms with Gasteiger partial charge in [-0.15, -0.1) is 0 Å². The molecule has 1 saturated heterocycles. The first kappa shape index (κ1) is 12.7. The molecule has 0 radical (unpaired) electrons. The standard InChI is InChI=1S/C9H11BrN2O4S/c10-8-3-7(17(11,13)14)4-12-9(8)16-6-1-2-15-5-6/h3-4,6H,1-2,5H2,(H2,11,13,14). The summed E-state index contributed by atoms with van der Waals surface area (Å²) in [6, 6.07) is 1.37. The first-order valence-electron chi connectivity index (χ1n) is 4.89. The number of nitrogens with zero attached hydrogens (tertiary/aromatic N) is 1. The van der Waals surface area contributed by atoms with E-state index in [-0.39, 0.29) is 11.0 Å². The van der Waals surface area contributed by atoms with E-state index in [2.05, 4.69) is 20.9 Å². The van der Waals surface area contributed by atoms with Crippen molar-refractivity contribution in [2.45, 2.75) is 17.4 Å². The molecule has 0 aromatic carbocycles. The van der Waals surface area contributed by atoms with Crippen LogP contribution >= 0.6 is 15.9 Å². The second-order valence-electron chi connectivity index (χ2n) is 3.61. The Morgan fingerprint density at radius 3 is 2.88 bits per heavy atom. The first-order valence-corrected chi connectivity index (χ1v) is 7.23. The highest BCUT2D eigenvalue weighted by molar-refractivity contribution is 9.10. The summed E-state index contributed by atoms with van der Waals surface area (Å²) in [4.78, 5) is 3.87. The lowest BCUT2D eigenvalue weighted by molar-refractivity contribution is 0.137. The third-order valence-electron chi connectivity index (χ3n) is 2.28. The topological polar surface area (TPSA) is 91.5 Å². The van der Waals surface area contributed by atoms with E-state index in [1.807, 2.05) is 0 Å². The molecule has 0 bridgehead atoms. The van der Waals surface area contributed by atoms with Crippen LogP contribution in [0.3, 0.4) is 0 Å². The van der Waals surface area contributed by atoms with Crippen molar-refractivity contribution in [3.63, 3.8) is 0 Å². The normalized spacial score (nSPS) is 20.5. The predicted octanol–water partition coefficient (Wildman–Crippen LogP) is 0.659. The molecule has 2 rings (SSSR count). The van der Waals surface area contributed by atoms with Crippen molar-refractivity contribution in [2.75, 3.05) is 13.2 Å². The summed E-state index contributed by atoms with van der Waals surface area (Å²) in [5.41, 5.74) is 0. The molecule has 94 valence electrons. The predicted molar refractivity (Wildman–Crippen MR) is 63.2 cm³/mol. The van der Waals surface area contributed by atoms with Crippen LogP contribution in [-0.2, 0) is 14.8 Å². The van der Waals surface area contributed by atoms with Crippen molar-refractivity contribution in [3.05, 3.63) is 16.7 Å². The monoisotopic (exact) mass is 322 g/mol. The number of primary sulfonamides is 1. The Morgan fingerprint density at radius 2 is 2.35 bits per heavy atom. The van der Waals surface area contributed by atoms with Gasteiger partial charge in [0.05, 0.1) is 23.9 Å². The van der Waals surface area contributed by atoms with Gasteiger partial charge in [0.15, 0.2) is 0 Å². The van der Waals surface area contributed by atoms with Crippen molar-refractivity contribution >= 4 is 26.0 Å². The number of pyridine rings is 1. The lowest BCUT2D eigenvalue weighted by Gasteiger charge is -2.12. The number of hydrogen-bond acceptors (Lipinski definition) is 5. The second-order valence-corrected chi connectivity index (χ2v) is 6.02. The van der Waals surface area contributed by atoms with Crippen LogP contribution in [-0.4, -0.2) is 32.7 Å². The second kappa shape index (κ2) is 4.89. The summed E-state index contributed by atoms with van der Waals surface area (Å²) in [6.07, 6.45) is 1.93. The van der Waals surface area contributed by atoms with Gasteiger partial charge >= 0.3 is 0 Å². The maximum absolute atomic E-state index is 11.1. The van der Waals surface area contributed by atoms with Crippen molar-refractivity contribution in [1.82, 2.24) is 4.98 Å². The number of nitrogens with two attached hydrogens (primary N) is 1. The van der Waals surface area contributed by atoms with E-state index in [0.29, 0.717) is 23.6 Å². The molecule has 0 aliphatic carbocycles. The molecule has 6 nitrogen and oxygen atoms in total. The molecule has 17 heavy (non-hydrogen) atoms. The molecule has 1 aromatic rings. The number of rotatable bonds is 3. The summed E-state index contributed by atoms with van der Waals surface area (Å²) in [5.74, 6) is 0.341. The highest BCUT2D eigenvalue weighted by Crippen LogP contribution is 2.26. The molecule has 0 amide bonds. The number of aromatic nitrogens is 1. The minimum atomic E-state index is -3.74. The van der Waals surface area contributed by atoms with E-state index in [1.54, 1.807) is 0 Å². The Kier molecular flexibility index (Phi) is 3.67. The van der Waals surface area contributed by atoms with Crippen molar-refractivity contribution < 1.29 is 17.9 Å². The van der Waals surface area contributed by atoms with Crippen molar-refractivity contribution in [1.29, 1.82) is 0 Å². The van der Waals surface area contributed by atoms with Gasteiger partial charge in [0.1, 0.15) is 11.0 Å². The van der Waals surface area contributed by atoms with Gasteiger partial charge in [-0.2, -0.15) is 0 Å². The average Bonchev–Trinajstić information content (AvgIpc) is 2.72. The van der Waals surface area contributed by atoms with Gasteiger partial charge in [0, 0.05) is 6.42 Å². The molecule has 1 aliphatic heterocycles. The Balaban J connectivity index is 2.19. The minimum absolute atomic E-state index is 0.0425. The van der Waals surface area contributed by atoms with E-state index < -0.39 is 10.0 Å². The number of ether oxygens (including phenoxy) is 2. The largest absolute Gasteiger partial charge is 0.471 e. The van der Waals surface area contributed by atoms with Crippen LogP contribution < -0.4 is 9.88 Å². The molecule has 1 atom stereocenters. The summed E-state index contributed by atoms with van der Waals surface area (Å²) < 4.78 is 33.4. The molecule has 2 heterocycles. The van der Waals surface area contributed by atoms with Gasteiger partial charge in [0.2, 0.25) is 15.9 Å². The summed E-state index contributed by atoms with van der Waals surface area (Å²) in [5, 5.41) is 4.99. The van der Waals surface area contributed by atoms with E-state index in [1.165, 1.54) is 12.3 Å². The SMILES string of the molecule is NS(=O)(=O)c1cnc(OC2CCOC2)c(Br)c1. The fourth-order valence-electron chi connectivity index (χ4n) is 1.41.